The highest BCUT2D eigenvalue weighted by Crippen LogP contribution is 2.43. The summed E-state index contributed by atoms with van der Waals surface area (Å²) in [5, 5.41) is 7.57. The van der Waals surface area contributed by atoms with Gasteiger partial charge >= 0.3 is 0 Å². The van der Waals surface area contributed by atoms with E-state index in [9.17, 15) is 4.79 Å². The van der Waals surface area contributed by atoms with Crippen LogP contribution < -0.4 is 20.1 Å². The Morgan fingerprint density at radius 1 is 0.933 bits per heavy atom. The van der Waals surface area contributed by atoms with Crippen molar-refractivity contribution in [3.05, 3.63) is 81.8 Å². The fourth-order valence-corrected chi connectivity index (χ4v) is 4.19. The third kappa shape index (κ3) is 3.66. The van der Waals surface area contributed by atoms with Crippen molar-refractivity contribution in [2.24, 2.45) is 0 Å². The number of carbonyl (C=O) groups excluding carboxylic acids is 1. The third-order valence-electron chi connectivity index (χ3n) is 5.18. The Labute approximate surface area is 184 Å². The number of rotatable bonds is 6. The van der Waals surface area contributed by atoms with E-state index in [2.05, 4.69) is 10.6 Å². The maximum atomic E-state index is 13.3. The van der Waals surface area contributed by atoms with Gasteiger partial charge in [0, 0.05) is 39.5 Å². The van der Waals surface area contributed by atoms with E-state index in [0.29, 0.717) is 39.3 Å². The zero-order valence-electron chi connectivity index (χ0n) is 16.5. The van der Waals surface area contributed by atoms with Crippen molar-refractivity contribution in [2.75, 3.05) is 24.9 Å². The number of methoxy groups -OCH3 is 2. The normalized spacial score (nSPS) is 17.3. The lowest BCUT2D eigenvalue weighted by Gasteiger charge is -2.30. The van der Waals surface area contributed by atoms with Crippen molar-refractivity contribution in [1.82, 2.24) is 0 Å². The van der Waals surface area contributed by atoms with Gasteiger partial charge in [-0.1, -0.05) is 41.4 Å². The number of carbonyl (C=O) groups is 1. The molecular formula is C23H20Cl2N2O3. The fraction of sp³-hybridized carbons (Fsp3) is 0.174. The molecule has 1 amide bonds. The lowest BCUT2D eigenvalue weighted by atomic mass is 9.84. The van der Waals surface area contributed by atoms with Crippen molar-refractivity contribution < 1.29 is 14.3 Å². The van der Waals surface area contributed by atoms with Gasteiger partial charge in [-0.2, -0.15) is 0 Å². The second kappa shape index (κ2) is 8.09. The van der Waals surface area contributed by atoms with Crippen LogP contribution >= 0.6 is 23.2 Å². The Kier molecular flexibility index (Phi) is 5.50. The smallest absolute Gasteiger partial charge is 0.255 e. The molecule has 154 valence electrons. The second-order valence-electron chi connectivity index (χ2n) is 7.05. The van der Waals surface area contributed by atoms with Crippen LogP contribution in [-0.4, -0.2) is 20.1 Å². The minimum Gasteiger partial charge on any atom is -0.493 e. The van der Waals surface area contributed by atoms with Gasteiger partial charge in [-0.05, 0) is 42.0 Å². The molecule has 1 atom stereocenters. The van der Waals surface area contributed by atoms with Crippen LogP contribution in [-0.2, 0) is 16.8 Å². The number of ether oxygens (including phenoxy) is 2. The highest BCUT2D eigenvalue weighted by Gasteiger charge is 2.47. The van der Waals surface area contributed by atoms with Crippen LogP contribution in [0.25, 0.3) is 0 Å². The molecule has 3 aromatic rings. The molecule has 2 N–H and O–H groups in total. The third-order valence-corrected chi connectivity index (χ3v) is 5.65. The van der Waals surface area contributed by atoms with Gasteiger partial charge in [0.1, 0.15) is 5.54 Å². The molecule has 0 saturated heterocycles. The van der Waals surface area contributed by atoms with Gasteiger partial charge in [0.2, 0.25) is 0 Å². The van der Waals surface area contributed by atoms with E-state index in [1.165, 1.54) is 0 Å². The van der Waals surface area contributed by atoms with Crippen molar-refractivity contribution in [3.8, 4) is 11.5 Å². The van der Waals surface area contributed by atoms with Gasteiger partial charge in [-0.25, -0.2) is 0 Å². The first kappa shape index (κ1) is 20.4. The predicted molar refractivity (Wildman–Crippen MR) is 120 cm³/mol. The zero-order chi connectivity index (χ0) is 21.3. The van der Waals surface area contributed by atoms with Crippen LogP contribution in [0.4, 0.5) is 11.4 Å². The first-order valence-corrected chi connectivity index (χ1v) is 10.1. The number of hydrogen-bond acceptors (Lipinski definition) is 4. The lowest BCUT2D eigenvalue weighted by molar-refractivity contribution is -0.119. The minimum absolute atomic E-state index is 0.172. The summed E-state index contributed by atoms with van der Waals surface area (Å²) >= 11 is 12.4. The van der Waals surface area contributed by atoms with Gasteiger partial charge in [0.25, 0.3) is 5.91 Å². The number of halogens is 2. The van der Waals surface area contributed by atoms with Gasteiger partial charge in [-0.3, -0.25) is 4.79 Å². The van der Waals surface area contributed by atoms with E-state index in [1.807, 2.05) is 36.4 Å². The molecule has 1 aliphatic heterocycles. The summed E-state index contributed by atoms with van der Waals surface area (Å²) in [5.41, 5.74) is 2.08. The molecular weight excluding hydrogens is 423 g/mol. The Hall–Kier alpha value is -2.89. The maximum absolute atomic E-state index is 13.3. The highest BCUT2D eigenvalue weighted by molar-refractivity contribution is 6.31. The Balaban J connectivity index is 1.82. The fourth-order valence-electron chi connectivity index (χ4n) is 3.80. The van der Waals surface area contributed by atoms with Crippen LogP contribution in [0.15, 0.2) is 60.7 Å². The quantitative estimate of drug-likeness (QED) is 0.527. The molecule has 3 aromatic carbocycles. The summed E-state index contributed by atoms with van der Waals surface area (Å²) < 4.78 is 10.7. The number of fused-ring (bicyclic) bond motifs is 1. The molecule has 0 radical (unpaired) electrons. The van der Waals surface area contributed by atoms with Crippen LogP contribution in [0, 0.1) is 0 Å². The summed E-state index contributed by atoms with van der Waals surface area (Å²) in [6.45, 7) is 0. The van der Waals surface area contributed by atoms with Gasteiger partial charge in [0.05, 0.1) is 14.2 Å². The second-order valence-corrected chi connectivity index (χ2v) is 7.92. The van der Waals surface area contributed by atoms with Crippen molar-refractivity contribution in [2.45, 2.75) is 12.0 Å². The molecule has 1 aliphatic rings. The van der Waals surface area contributed by atoms with E-state index in [0.717, 1.165) is 11.1 Å². The van der Waals surface area contributed by atoms with Gasteiger partial charge in [-0.15, -0.1) is 0 Å². The Morgan fingerprint density at radius 3 is 2.43 bits per heavy atom. The van der Waals surface area contributed by atoms with E-state index in [4.69, 9.17) is 32.7 Å². The molecule has 5 nitrogen and oxygen atoms in total. The molecule has 7 heteroatoms. The molecule has 1 heterocycles. The minimum atomic E-state index is -1.05. The largest absolute Gasteiger partial charge is 0.493 e. The number of amides is 1. The highest BCUT2D eigenvalue weighted by atomic mass is 35.5. The summed E-state index contributed by atoms with van der Waals surface area (Å²) in [7, 11) is 3.15. The molecule has 0 saturated carbocycles. The summed E-state index contributed by atoms with van der Waals surface area (Å²) in [6, 6.07) is 18.3. The number of benzene rings is 3. The van der Waals surface area contributed by atoms with Crippen molar-refractivity contribution in [3.63, 3.8) is 0 Å². The van der Waals surface area contributed by atoms with Crippen LogP contribution in [0.1, 0.15) is 11.1 Å². The average molecular weight is 443 g/mol. The van der Waals surface area contributed by atoms with E-state index in [-0.39, 0.29) is 5.91 Å². The lowest BCUT2D eigenvalue weighted by Crippen LogP contribution is -2.44. The number of nitrogens with one attached hydrogen (secondary N) is 2. The molecule has 4 rings (SSSR count). The van der Waals surface area contributed by atoms with E-state index in [1.54, 1.807) is 38.5 Å². The molecule has 30 heavy (non-hydrogen) atoms. The van der Waals surface area contributed by atoms with Gasteiger partial charge < -0.3 is 20.1 Å². The number of anilines is 2. The molecule has 0 aliphatic carbocycles. The van der Waals surface area contributed by atoms with Crippen LogP contribution in [0.2, 0.25) is 10.0 Å². The molecule has 0 spiro atoms. The predicted octanol–water partition coefficient (Wildman–Crippen LogP) is 5.51. The molecule has 0 aromatic heterocycles. The summed E-state index contributed by atoms with van der Waals surface area (Å²) in [4.78, 5) is 13.3. The number of hydrogen-bond donors (Lipinski definition) is 2. The van der Waals surface area contributed by atoms with E-state index >= 15 is 0 Å². The Bertz CT molecular complexity index is 1120. The molecule has 1 unspecified atom stereocenters. The summed E-state index contributed by atoms with van der Waals surface area (Å²) in [6.07, 6.45) is 0.391. The standard InChI is InChI=1S/C23H20Cl2N2O3/c1-29-20-9-7-17(12-21(20)30-2)27-23(13-14-4-3-5-15(24)10-14)18-8-6-16(25)11-19(18)26-22(23)28/h3-12,27H,13H2,1-2H3,(H,26,28). The van der Waals surface area contributed by atoms with Crippen LogP contribution in [0.3, 0.4) is 0 Å². The van der Waals surface area contributed by atoms with Crippen molar-refractivity contribution >= 4 is 40.5 Å². The van der Waals surface area contributed by atoms with Crippen LogP contribution in [0.5, 0.6) is 11.5 Å². The summed E-state index contributed by atoms with van der Waals surface area (Å²) in [5.74, 6) is 1.000. The monoisotopic (exact) mass is 442 g/mol. The molecule has 0 bridgehead atoms. The molecule has 0 fully saturated rings. The van der Waals surface area contributed by atoms with E-state index < -0.39 is 5.54 Å². The van der Waals surface area contributed by atoms with Gasteiger partial charge in [0.15, 0.2) is 11.5 Å². The topological polar surface area (TPSA) is 59.6 Å². The zero-order valence-corrected chi connectivity index (χ0v) is 18.0. The first-order valence-electron chi connectivity index (χ1n) is 9.31. The maximum Gasteiger partial charge on any atom is 0.255 e. The van der Waals surface area contributed by atoms with Crippen molar-refractivity contribution in [1.29, 1.82) is 0 Å². The SMILES string of the molecule is COc1ccc(NC2(Cc3cccc(Cl)c3)C(=O)Nc3cc(Cl)ccc32)cc1OC. The first-order chi connectivity index (χ1) is 14.4. The Morgan fingerprint density at radius 2 is 1.70 bits per heavy atom. The average Bonchev–Trinajstić information content (AvgIpc) is 2.98.